The third kappa shape index (κ3) is 2.90. The molecule has 1 N–H and O–H groups in total. The number of hydrogen-bond donors (Lipinski definition) is 1. The smallest absolute Gasteiger partial charge is 0.259 e. The number of nitrogens with one attached hydrogen (secondary N) is 1. The molecule has 0 aromatic carbocycles. The molecule has 0 bridgehead atoms. The molecule has 2 aromatic heterocycles. The average molecular weight is 276 g/mol. The van der Waals surface area contributed by atoms with Crippen LogP contribution in [0.4, 0.5) is 0 Å². The van der Waals surface area contributed by atoms with Crippen molar-refractivity contribution in [3.63, 3.8) is 0 Å². The van der Waals surface area contributed by atoms with Crippen molar-refractivity contribution in [2.45, 2.75) is 44.7 Å². The Morgan fingerprint density at radius 1 is 1.32 bits per heavy atom. The Morgan fingerprint density at radius 2 is 2.16 bits per heavy atom. The van der Waals surface area contributed by atoms with Gasteiger partial charge in [0.25, 0.3) is 5.56 Å². The fraction of sp³-hybridized carbons (Fsp3) is 0.533. The standard InChI is InChI=1S/C15H20N2OS/c18-15-13-7-11-19-14(13)6-10-17(15)9-3-8-16-12-4-1-2-5-12/h6-7,10-12,16H,1-5,8-9H2. The number of thiophene rings is 1. The Labute approximate surface area is 117 Å². The van der Waals surface area contributed by atoms with E-state index < -0.39 is 0 Å². The first-order valence-electron chi connectivity index (χ1n) is 7.14. The summed E-state index contributed by atoms with van der Waals surface area (Å²) in [6.07, 6.45) is 8.32. The summed E-state index contributed by atoms with van der Waals surface area (Å²) in [5.41, 5.74) is 0.152. The minimum Gasteiger partial charge on any atom is -0.315 e. The quantitative estimate of drug-likeness (QED) is 0.852. The van der Waals surface area contributed by atoms with Gasteiger partial charge in [0.15, 0.2) is 0 Å². The van der Waals surface area contributed by atoms with Crippen LogP contribution >= 0.6 is 11.3 Å². The van der Waals surface area contributed by atoms with Crippen LogP contribution in [0.5, 0.6) is 0 Å². The zero-order chi connectivity index (χ0) is 13.1. The van der Waals surface area contributed by atoms with Crippen LogP contribution in [-0.4, -0.2) is 17.2 Å². The lowest BCUT2D eigenvalue weighted by atomic mass is 10.2. The summed E-state index contributed by atoms with van der Waals surface area (Å²) in [7, 11) is 0. The van der Waals surface area contributed by atoms with Gasteiger partial charge in [-0.3, -0.25) is 4.79 Å². The molecule has 4 heteroatoms. The Bertz CT molecular complexity index is 595. The van der Waals surface area contributed by atoms with Crippen LogP contribution in [0.2, 0.25) is 0 Å². The van der Waals surface area contributed by atoms with Crippen molar-refractivity contribution in [3.05, 3.63) is 34.1 Å². The minimum absolute atomic E-state index is 0.152. The van der Waals surface area contributed by atoms with E-state index in [0.29, 0.717) is 0 Å². The summed E-state index contributed by atoms with van der Waals surface area (Å²) in [6.45, 7) is 1.82. The lowest BCUT2D eigenvalue weighted by Gasteiger charge is -2.12. The maximum Gasteiger partial charge on any atom is 0.259 e. The molecule has 3 nitrogen and oxygen atoms in total. The van der Waals surface area contributed by atoms with Crippen LogP contribution in [0.15, 0.2) is 28.5 Å². The fourth-order valence-corrected chi connectivity index (χ4v) is 3.64. The average Bonchev–Trinajstić information content (AvgIpc) is 3.08. The number of hydrogen-bond acceptors (Lipinski definition) is 3. The highest BCUT2D eigenvalue weighted by molar-refractivity contribution is 7.17. The van der Waals surface area contributed by atoms with E-state index in [1.807, 2.05) is 28.3 Å². The second kappa shape index (κ2) is 5.88. The molecule has 0 atom stereocenters. The van der Waals surface area contributed by atoms with E-state index in [2.05, 4.69) is 5.32 Å². The van der Waals surface area contributed by atoms with E-state index in [1.165, 1.54) is 25.7 Å². The summed E-state index contributed by atoms with van der Waals surface area (Å²) in [4.78, 5) is 12.2. The molecule has 19 heavy (non-hydrogen) atoms. The topological polar surface area (TPSA) is 34.0 Å². The number of fused-ring (bicyclic) bond motifs is 1. The van der Waals surface area contributed by atoms with Gasteiger partial charge in [0.2, 0.25) is 0 Å². The predicted octanol–water partition coefficient (Wildman–Crippen LogP) is 2.99. The second-order valence-electron chi connectivity index (χ2n) is 5.30. The number of pyridine rings is 1. The number of rotatable bonds is 5. The van der Waals surface area contributed by atoms with Crippen LogP contribution in [0.3, 0.4) is 0 Å². The molecule has 0 amide bonds. The molecule has 3 rings (SSSR count). The zero-order valence-corrected chi connectivity index (χ0v) is 11.9. The summed E-state index contributed by atoms with van der Waals surface area (Å²) >= 11 is 1.63. The van der Waals surface area contributed by atoms with E-state index >= 15 is 0 Å². The van der Waals surface area contributed by atoms with Crippen LogP contribution in [0.25, 0.3) is 10.1 Å². The Balaban J connectivity index is 1.56. The zero-order valence-electron chi connectivity index (χ0n) is 11.1. The Kier molecular flexibility index (Phi) is 3.99. The summed E-state index contributed by atoms with van der Waals surface area (Å²) in [5.74, 6) is 0. The molecule has 2 aromatic rings. The van der Waals surface area contributed by atoms with Gasteiger partial charge >= 0.3 is 0 Å². The van der Waals surface area contributed by atoms with Crippen molar-refractivity contribution in [1.82, 2.24) is 9.88 Å². The van der Waals surface area contributed by atoms with Crippen LogP contribution in [0.1, 0.15) is 32.1 Å². The van der Waals surface area contributed by atoms with E-state index in [1.54, 1.807) is 11.3 Å². The van der Waals surface area contributed by atoms with Crippen molar-refractivity contribution in [2.24, 2.45) is 0 Å². The first-order valence-corrected chi connectivity index (χ1v) is 8.02. The Morgan fingerprint density at radius 3 is 3.00 bits per heavy atom. The van der Waals surface area contributed by atoms with E-state index in [9.17, 15) is 4.79 Å². The van der Waals surface area contributed by atoms with Gasteiger partial charge in [0, 0.05) is 23.5 Å². The molecular weight excluding hydrogens is 256 g/mol. The molecule has 1 aliphatic rings. The van der Waals surface area contributed by atoms with Crippen LogP contribution in [0, 0.1) is 0 Å². The van der Waals surface area contributed by atoms with Gasteiger partial charge in [-0.25, -0.2) is 0 Å². The molecule has 2 heterocycles. The minimum atomic E-state index is 0.152. The molecule has 1 fully saturated rings. The summed E-state index contributed by atoms with van der Waals surface area (Å²) in [5, 5.41) is 6.43. The number of nitrogens with zero attached hydrogens (tertiary/aromatic N) is 1. The molecular formula is C15H20N2OS. The second-order valence-corrected chi connectivity index (χ2v) is 6.25. The number of aryl methyl sites for hydroxylation is 1. The maximum absolute atomic E-state index is 12.2. The third-order valence-corrected chi connectivity index (χ3v) is 4.84. The van der Waals surface area contributed by atoms with Gasteiger partial charge in [-0.15, -0.1) is 11.3 Å². The van der Waals surface area contributed by atoms with Crippen molar-refractivity contribution in [1.29, 1.82) is 0 Å². The van der Waals surface area contributed by atoms with Crippen molar-refractivity contribution in [3.8, 4) is 0 Å². The molecule has 0 aliphatic heterocycles. The van der Waals surface area contributed by atoms with E-state index in [-0.39, 0.29) is 5.56 Å². The molecule has 1 aliphatic carbocycles. The van der Waals surface area contributed by atoms with Gasteiger partial charge in [-0.1, -0.05) is 12.8 Å². The first kappa shape index (κ1) is 12.9. The molecule has 0 spiro atoms. The van der Waals surface area contributed by atoms with Gasteiger partial charge in [-0.05, 0) is 43.3 Å². The third-order valence-electron chi connectivity index (χ3n) is 3.96. The molecule has 1 saturated carbocycles. The molecule has 102 valence electrons. The molecule has 0 unspecified atom stereocenters. The maximum atomic E-state index is 12.2. The highest BCUT2D eigenvalue weighted by atomic mass is 32.1. The van der Waals surface area contributed by atoms with Crippen LogP contribution < -0.4 is 10.9 Å². The highest BCUT2D eigenvalue weighted by Crippen LogP contribution is 2.18. The summed E-state index contributed by atoms with van der Waals surface area (Å²) in [6, 6.07) is 4.69. The molecule has 0 radical (unpaired) electrons. The van der Waals surface area contributed by atoms with E-state index in [4.69, 9.17) is 0 Å². The Hall–Kier alpha value is -1.13. The molecule has 0 saturated heterocycles. The van der Waals surface area contributed by atoms with Gasteiger partial charge in [0.1, 0.15) is 0 Å². The van der Waals surface area contributed by atoms with Crippen molar-refractivity contribution < 1.29 is 0 Å². The van der Waals surface area contributed by atoms with Gasteiger partial charge in [0.05, 0.1) is 5.39 Å². The van der Waals surface area contributed by atoms with E-state index in [0.717, 1.165) is 35.6 Å². The number of aromatic nitrogens is 1. The van der Waals surface area contributed by atoms with Crippen LogP contribution in [-0.2, 0) is 6.54 Å². The first-order chi connectivity index (χ1) is 9.34. The monoisotopic (exact) mass is 276 g/mol. The lowest BCUT2D eigenvalue weighted by molar-refractivity contribution is 0.493. The van der Waals surface area contributed by atoms with Gasteiger partial charge < -0.3 is 9.88 Å². The van der Waals surface area contributed by atoms with Gasteiger partial charge in [-0.2, -0.15) is 0 Å². The normalized spacial score (nSPS) is 16.4. The van der Waals surface area contributed by atoms with Crippen molar-refractivity contribution >= 4 is 21.4 Å². The SMILES string of the molecule is O=c1c2ccsc2ccn1CCCNC1CCCC1. The lowest BCUT2D eigenvalue weighted by Crippen LogP contribution is -2.28. The largest absolute Gasteiger partial charge is 0.315 e. The summed E-state index contributed by atoms with van der Waals surface area (Å²) < 4.78 is 2.93. The van der Waals surface area contributed by atoms with Crippen molar-refractivity contribution in [2.75, 3.05) is 6.54 Å². The predicted molar refractivity (Wildman–Crippen MR) is 81.0 cm³/mol. The highest BCUT2D eigenvalue weighted by Gasteiger charge is 2.13. The fourth-order valence-electron chi connectivity index (χ4n) is 2.87.